The molecular formula is C10H10ClN3O. The van der Waals surface area contributed by atoms with Gasteiger partial charge in [0.1, 0.15) is 0 Å². The minimum Gasteiger partial charge on any atom is -0.366 e. The maximum absolute atomic E-state index is 10.5. The van der Waals surface area contributed by atoms with E-state index in [-0.39, 0.29) is 12.4 Å². The van der Waals surface area contributed by atoms with Gasteiger partial charge in [0.15, 0.2) is 0 Å². The number of nitrogens with one attached hydrogen (secondary N) is 1. The smallest absolute Gasteiger partial charge is 0.241 e. The molecule has 0 fully saturated rings. The summed E-state index contributed by atoms with van der Waals surface area (Å²) in [6, 6.07) is 5.73. The van der Waals surface area contributed by atoms with Crippen molar-refractivity contribution in [1.82, 2.24) is 10.2 Å². The summed E-state index contributed by atoms with van der Waals surface area (Å²) in [4.78, 5) is 10.5. The number of primary amides is 1. The predicted molar refractivity (Wildman–Crippen MR) is 61.6 cm³/mol. The van der Waals surface area contributed by atoms with E-state index in [1.54, 1.807) is 12.3 Å². The number of rotatable bonds is 2. The van der Waals surface area contributed by atoms with Crippen LogP contribution < -0.4 is 5.73 Å². The van der Waals surface area contributed by atoms with Crippen LogP contribution in [0.4, 0.5) is 0 Å². The number of hydrogen-bond acceptors (Lipinski definition) is 2. The molecule has 1 amide bonds. The van der Waals surface area contributed by atoms with Crippen LogP contribution in [0.5, 0.6) is 0 Å². The molecule has 3 N–H and O–H groups in total. The summed E-state index contributed by atoms with van der Waals surface area (Å²) >= 11 is 0. The molecule has 0 atom stereocenters. The molecule has 0 aliphatic carbocycles. The number of fused-ring (bicyclic) bond motifs is 1. The van der Waals surface area contributed by atoms with Gasteiger partial charge in [-0.1, -0.05) is 12.1 Å². The van der Waals surface area contributed by atoms with Crippen LogP contribution in [0.2, 0.25) is 0 Å². The number of amides is 1. The third kappa shape index (κ3) is 2.57. The van der Waals surface area contributed by atoms with Gasteiger partial charge in [-0.15, -0.1) is 12.4 Å². The summed E-state index contributed by atoms with van der Waals surface area (Å²) in [7, 11) is 0. The first kappa shape index (κ1) is 11.3. The second-order valence-electron chi connectivity index (χ2n) is 2.95. The van der Waals surface area contributed by atoms with Crippen molar-refractivity contribution in [1.29, 1.82) is 0 Å². The van der Waals surface area contributed by atoms with Crippen LogP contribution in [0.15, 0.2) is 30.5 Å². The van der Waals surface area contributed by atoms with Crippen molar-refractivity contribution in [3.63, 3.8) is 0 Å². The minimum absolute atomic E-state index is 0. The molecule has 1 heterocycles. The molecule has 1 aromatic carbocycles. The average Bonchev–Trinajstić information content (AvgIpc) is 2.61. The molecule has 0 unspecified atom stereocenters. The van der Waals surface area contributed by atoms with E-state index < -0.39 is 5.91 Å². The number of carbonyl (C=O) groups excluding carboxylic acids is 1. The second-order valence-corrected chi connectivity index (χ2v) is 2.95. The van der Waals surface area contributed by atoms with Crippen molar-refractivity contribution in [3.8, 4) is 0 Å². The fraction of sp³-hybridized carbons (Fsp3) is 0. The Morgan fingerprint density at radius 1 is 1.47 bits per heavy atom. The van der Waals surface area contributed by atoms with Gasteiger partial charge in [0, 0.05) is 11.5 Å². The van der Waals surface area contributed by atoms with E-state index in [1.807, 2.05) is 18.2 Å². The van der Waals surface area contributed by atoms with Crippen molar-refractivity contribution in [3.05, 3.63) is 36.0 Å². The van der Waals surface area contributed by atoms with Crippen LogP contribution in [0.3, 0.4) is 0 Å². The third-order valence-electron chi connectivity index (χ3n) is 1.91. The lowest BCUT2D eigenvalue weighted by Gasteiger charge is -1.92. The lowest BCUT2D eigenvalue weighted by atomic mass is 10.1. The van der Waals surface area contributed by atoms with Crippen LogP contribution in [0.25, 0.3) is 17.0 Å². The molecule has 0 spiro atoms. The minimum atomic E-state index is -0.449. The highest BCUT2D eigenvalue weighted by atomic mass is 35.5. The van der Waals surface area contributed by atoms with Gasteiger partial charge in [-0.05, 0) is 17.7 Å². The molecular weight excluding hydrogens is 214 g/mol. The van der Waals surface area contributed by atoms with E-state index in [1.165, 1.54) is 6.08 Å². The highest BCUT2D eigenvalue weighted by molar-refractivity contribution is 5.91. The van der Waals surface area contributed by atoms with Crippen molar-refractivity contribution in [2.75, 3.05) is 0 Å². The molecule has 15 heavy (non-hydrogen) atoms. The number of nitrogens with zero attached hydrogens (tertiary/aromatic N) is 1. The number of aromatic nitrogens is 2. The molecule has 2 aromatic rings. The SMILES string of the molecule is Cl.NC(=O)C=Cc1ccc2cn[nH]c2c1. The Hall–Kier alpha value is -1.81. The van der Waals surface area contributed by atoms with Gasteiger partial charge in [-0.2, -0.15) is 5.10 Å². The second kappa shape index (κ2) is 4.61. The third-order valence-corrected chi connectivity index (χ3v) is 1.91. The van der Waals surface area contributed by atoms with Crippen molar-refractivity contribution in [2.45, 2.75) is 0 Å². The Morgan fingerprint density at radius 3 is 3.00 bits per heavy atom. The standard InChI is InChI=1S/C10H9N3O.ClH/c11-10(14)4-2-7-1-3-8-6-12-13-9(8)5-7;/h1-6H,(H2,11,14)(H,12,13);1H. The van der Waals surface area contributed by atoms with Crippen molar-refractivity contribution >= 4 is 35.3 Å². The molecule has 0 bridgehead atoms. The quantitative estimate of drug-likeness (QED) is 0.757. The maximum atomic E-state index is 10.5. The molecule has 4 nitrogen and oxygen atoms in total. The molecule has 78 valence electrons. The molecule has 5 heteroatoms. The number of benzene rings is 1. The fourth-order valence-electron chi connectivity index (χ4n) is 1.24. The zero-order valence-corrected chi connectivity index (χ0v) is 8.62. The molecule has 0 saturated heterocycles. The first-order valence-electron chi connectivity index (χ1n) is 4.16. The molecule has 2 rings (SSSR count). The van der Waals surface area contributed by atoms with Gasteiger partial charge in [-0.3, -0.25) is 9.89 Å². The van der Waals surface area contributed by atoms with Crippen LogP contribution in [0.1, 0.15) is 5.56 Å². The maximum Gasteiger partial charge on any atom is 0.241 e. The van der Waals surface area contributed by atoms with Crippen LogP contribution >= 0.6 is 12.4 Å². The number of hydrogen-bond donors (Lipinski definition) is 2. The molecule has 0 saturated carbocycles. The summed E-state index contributed by atoms with van der Waals surface area (Å²) in [6.07, 6.45) is 4.75. The lowest BCUT2D eigenvalue weighted by molar-refractivity contribution is -0.113. The highest BCUT2D eigenvalue weighted by Crippen LogP contribution is 2.13. The summed E-state index contributed by atoms with van der Waals surface area (Å²) in [5, 5.41) is 7.79. The number of aromatic amines is 1. The zero-order chi connectivity index (χ0) is 9.97. The topological polar surface area (TPSA) is 71.8 Å². The van der Waals surface area contributed by atoms with E-state index >= 15 is 0 Å². The Labute approximate surface area is 92.6 Å². The summed E-state index contributed by atoms with van der Waals surface area (Å²) in [5.41, 5.74) is 6.85. The normalized spacial score (nSPS) is 10.4. The van der Waals surface area contributed by atoms with Crippen LogP contribution in [-0.2, 0) is 4.79 Å². The van der Waals surface area contributed by atoms with E-state index in [0.29, 0.717) is 0 Å². The van der Waals surface area contributed by atoms with Gasteiger partial charge >= 0.3 is 0 Å². The first-order valence-corrected chi connectivity index (χ1v) is 4.16. The average molecular weight is 224 g/mol. The van der Waals surface area contributed by atoms with Gasteiger partial charge < -0.3 is 5.73 Å². The van der Waals surface area contributed by atoms with Gasteiger partial charge in [0.25, 0.3) is 0 Å². The summed E-state index contributed by atoms with van der Waals surface area (Å²) in [6.45, 7) is 0. The van der Waals surface area contributed by atoms with Crippen molar-refractivity contribution < 1.29 is 4.79 Å². The number of carbonyl (C=O) groups is 1. The molecule has 0 aliphatic heterocycles. The van der Waals surface area contributed by atoms with E-state index in [0.717, 1.165) is 16.5 Å². The van der Waals surface area contributed by atoms with Crippen molar-refractivity contribution in [2.24, 2.45) is 5.73 Å². The Balaban J connectivity index is 0.00000112. The summed E-state index contributed by atoms with van der Waals surface area (Å²) < 4.78 is 0. The highest BCUT2D eigenvalue weighted by Gasteiger charge is 1.95. The number of nitrogens with two attached hydrogens (primary N) is 1. The Morgan fingerprint density at radius 2 is 2.27 bits per heavy atom. The predicted octanol–water partition coefficient (Wildman–Crippen LogP) is 1.48. The first-order chi connectivity index (χ1) is 6.75. The van der Waals surface area contributed by atoms with Gasteiger partial charge in [-0.25, -0.2) is 0 Å². The van der Waals surface area contributed by atoms with E-state index in [9.17, 15) is 4.79 Å². The molecule has 1 aromatic heterocycles. The number of halogens is 1. The van der Waals surface area contributed by atoms with E-state index in [2.05, 4.69) is 10.2 Å². The zero-order valence-electron chi connectivity index (χ0n) is 7.81. The molecule has 0 aliphatic rings. The largest absolute Gasteiger partial charge is 0.366 e. The van der Waals surface area contributed by atoms with E-state index in [4.69, 9.17) is 5.73 Å². The summed E-state index contributed by atoms with van der Waals surface area (Å²) in [5.74, 6) is -0.449. The Kier molecular flexibility index (Phi) is 3.46. The molecule has 0 radical (unpaired) electrons. The monoisotopic (exact) mass is 223 g/mol. The van der Waals surface area contributed by atoms with Crippen LogP contribution in [-0.4, -0.2) is 16.1 Å². The van der Waals surface area contributed by atoms with Gasteiger partial charge in [0.2, 0.25) is 5.91 Å². The van der Waals surface area contributed by atoms with Crippen LogP contribution in [0, 0.1) is 0 Å². The fourth-order valence-corrected chi connectivity index (χ4v) is 1.24. The number of H-pyrrole nitrogens is 1. The Bertz CT molecular complexity index is 504. The lowest BCUT2D eigenvalue weighted by Crippen LogP contribution is -2.04. The van der Waals surface area contributed by atoms with Gasteiger partial charge in [0.05, 0.1) is 11.7 Å².